The minimum absolute atomic E-state index is 0.197. The summed E-state index contributed by atoms with van der Waals surface area (Å²) in [6, 6.07) is 0. The molecule has 0 unspecified atom stereocenters. The minimum Gasteiger partial charge on any atom is -0.466 e. The summed E-state index contributed by atoms with van der Waals surface area (Å²) in [4.78, 5) is 15.5. The van der Waals surface area contributed by atoms with Crippen LogP contribution in [0.25, 0.3) is 0 Å². The Morgan fingerprint density at radius 3 is 2.86 bits per heavy atom. The van der Waals surface area contributed by atoms with Gasteiger partial charge in [0, 0.05) is 5.38 Å². The molecule has 1 aromatic heterocycles. The number of thiazole rings is 1. The first-order valence-corrected chi connectivity index (χ1v) is 5.61. The molecule has 0 radical (unpaired) electrons. The van der Waals surface area contributed by atoms with Crippen molar-refractivity contribution < 1.29 is 9.53 Å². The lowest BCUT2D eigenvalue weighted by atomic mass is 10.2. The van der Waals surface area contributed by atoms with Gasteiger partial charge in [0.05, 0.1) is 18.7 Å². The van der Waals surface area contributed by atoms with Gasteiger partial charge in [-0.15, -0.1) is 11.3 Å². The summed E-state index contributed by atoms with van der Waals surface area (Å²) < 4.78 is 4.84. The molecular formula is C10H15NO2S. The van der Waals surface area contributed by atoms with Crippen LogP contribution in [0.2, 0.25) is 0 Å². The Morgan fingerprint density at radius 1 is 1.64 bits per heavy atom. The molecule has 0 atom stereocenters. The highest BCUT2D eigenvalue weighted by atomic mass is 32.1. The van der Waals surface area contributed by atoms with Crippen LogP contribution in [0.4, 0.5) is 0 Å². The molecule has 78 valence electrons. The van der Waals surface area contributed by atoms with Gasteiger partial charge in [0.2, 0.25) is 0 Å². The summed E-state index contributed by atoms with van der Waals surface area (Å²) in [6.07, 6.45) is 0.297. The number of aromatic nitrogens is 1. The highest BCUT2D eigenvalue weighted by molar-refractivity contribution is 7.09. The normalized spacial score (nSPS) is 10.6. The van der Waals surface area contributed by atoms with Gasteiger partial charge in [-0.25, -0.2) is 4.98 Å². The van der Waals surface area contributed by atoms with Crippen LogP contribution in [0.15, 0.2) is 5.38 Å². The summed E-state index contributed by atoms with van der Waals surface area (Å²) in [5.41, 5.74) is 1.05. The fourth-order valence-electron chi connectivity index (χ4n) is 1.01. The van der Waals surface area contributed by atoms with Gasteiger partial charge in [-0.3, -0.25) is 4.79 Å². The maximum Gasteiger partial charge on any atom is 0.312 e. The molecule has 1 aromatic rings. The quantitative estimate of drug-likeness (QED) is 0.721. The van der Waals surface area contributed by atoms with E-state index in [0.29, 0.717) is 18.9 Å². The van der Waals surface area contributed by atoms with Gasteiger partial charge in [0.1, 0.15) is 5.01 Å². The molecule has 0 bridgehead atoms. The van der Waals surface area contributed by atoms with E-state index in [4.69, 9.17) is 4.74 Å². The maximum atomic E-state index is 11.1. The van der Waals surface area contributed by atoms with Crippen molar-refractivity contribution in [3.05, 3.63) is 16.1 Å². The summed E-state index contributed by atoms with van der Waals surface area (Å²) in [6.45, 7) is 6.41. The molecule has 0 aliphatic rings. The molecule has 0 saturated heterocycles. The van der Waals surface area contributed by atoms with Crippen molar-refractivity contribution in [3.8, 4) is 0 Å². The van der Waals surface area contributed by atoms with E-state index >= 15 is 0 Å². The predicted molar refractivity (Wildman–Crippen MR) is 56.5 cm³/mol. The van der Waals surface area contributed by atoms with Gasteiger partial charge in [0.15, 0.2) is 0 Å². The van der Waals surface area contributed by atoms with Crippen molar-refractivity contribution in [2.24, 2.45) is 0 Å². The van der Waals surface area contributed by atoms with E-state index in [1.54, 1.807) is 6.92 Å². The third-order valence-electron chi connectivity index (χ3n) is 1.76. The molecular weight excluding hydrogens is 198 g/mol. The number of hydrogen-bond acceptors (Lipinski definition) is 4. The number of rotatable bonds is 4. The van der Waals surface area contributed by atoms with Crippen LogP contribution in [0.5, 0.6) is 0 Å². The van der Waals surface area contributed by atoms with Gasteiger partial charge >= 0.3 is 5.97 Å². The lowest BCUT2D eigenvalue weighted by Gasteiger charge is -1.99. The summed E-state index contributed by atoms with van der Waals surface area (Å²) in [5, 5.41) is 2.84. The molecule has 0 aliphatic heterocycles. The highest BCUT2D eigenvalue weighted by Crippen LogP contribution is 2.18. The Bertz CT molecular complexity index is 307. The zero-order chi connectivity index (χ0) is 10.6. The van der Waals surface area contributed by atoms with Gasteiger partial charge < -0.3 is 4.74 Å². The first kappa shape index (κ1) is 11.2. The molecule has 0 N–H and O–H groups in total. The van der Waals surface area contributed by atoms with E-state index in [0.717, 1.165) is 10.7 Å². The van der Waals surface area contributed by atoms with Crippen molar-refractivity contribution >= 4 is 17.3 Å². The van der Waals surface area contributed by atoms with Crippen LogP contribution in [0.3, 0.4) is 0 Å². The third kappa shape index (κ3) is 3.10. The van der Waals surface area contributed by atoms with Crippen LogP contribution in [0.1, 0.15) is 37.4 Å². The van der Waals surface area contributed by atoms with Gasteiger partial charge in [0.25, 0.3) is 0 Å². The molecule has 0 aromatic carbocycles. The second-order valence-electron chi connectivity index (χ2n) is 3.30. The molecule has 0 aliphatic carbocycles. The SMILES string of the molecule is CCOC(=O)Cc1nc(C(C)C)cs1. The second kappa shape index (κ2) is 5.10. The van der Waals surface area contributed by atoms with Gasteiger partial charge in [-0.2, -0.15) is 0 Å². The van der Waals surface area contributed by atoms with Crippen LogP contribution in [-0.2, 0) is 16.0 Å². The standard InChI is InChI=1S/C10H15NO2S/c1-4-13-10(12)5-9-11-8(6-14-9)7(2)3/h6-7H,4-5H2,1-3H3. The van der Waals surface area contributed by atoms with Crippen LogP contribution >= 0.6 is 11.3 Å². The molecule has 0 saturated carbocycles. The number of carbonyl (C=O) groups is 1. The molecule has 0 spiro atoms. The third-order valence-corrected chi connectivity index (χ3v) is 2.63. The van der Waals surface area contributed by atoms with Gasteiger partial charge in [-0.05, 0) is 12.8 Å². The van der Waals surface area contributed by atoms with E-state index in [1.165, 1.54) is 11.3 Å². The van der Waals surface area contributed by atoms with Crippen molar-refractivity contribution in [2.45, 2.75) is 33.1 Å². The molecule has 4 heteroatoms. The Morgan fingerprint density at radius 2 is 2.36 bits per heavy atom. The fourth-order valence-corrected chi connectivity index (χ4v) is 1.95. The van der Waals surface area contributed by atoms with Crippen LogP contribution < -0.4 is 0 Å². The fraction of sp³-hybridized carbons (Fsp3) is 0.600. The van der Waals surface area contributed by atoms with Crippen LogP contribution in [0, 0.1) is 0 Å². The predicted octanol–water partition coefficient (Wildman–Crippen LogP) is 2.37. The molecule has 14 heavy (non-hydrogen) atoms. The number of nitrogens with zero attached hydrogens (tertiary/aromatic N) is 1. The van der Waals surface area contributed by atoms with E-state index in [-0.39, 0.29) is 5.97 Å². The Labute approximate surface area is 88.1 Å². The summed E-state index contributed by atoms with van der Waals surface area (Å²) in [5.74, 6) is 0.222. The van der Waals surface area contributed by atoms with Crippen LogP contribution in [-0.4, -0.2) is 17.6 Å². The lowest BCUT2D eigenvalue weighted by Crippen LogP contribution is -2.07. The smallest absolute Gasteiger partial charge is 0.312 e. The number of carbonyl (C=O) groups excluding carboxylic acids is 1. The molecule has 3 nitrogen and oxygen atoms in total. The zero-order valence-electron chi connectivity index (χ0n) is 8.74. The first-order valence-electron chi connectivity index (χ1n) is 4.73. The lowest BCUT2D eigenvalue weighted by molar-refractivity contribution is -0.142. The molecule has 1 rings (SSSR count). The Hall–Kier alpha value is -0.900. The molecule has 0 fully saturated rings. The summed E-state index contributed by atoms with van der Waals surface area (Å²) in [7, 11) is 0. The largest absolute Gasteiger partial charge is 0.466 e. The van der Waals surface area contributed by atoms with E-state index in [1.807, 2.05) is 5.38 Å². The maximum absolute atomic E-state index is 11.1. The topological polar surface area (TPSA) is 39.2 Å². The van der Waals surface area contributed by atoms with Crippen molar-refractivity contribution in [2.75, 3.05) is 6.61 Å². The summed E-state index contributed by atoms with van der Waals surface area (Å²) >= 11 is 1.52. The van der Waals surface area contributed by atoms with E-state index in [2.05, 4.69) is 18.8 Å². The second-order valence-corrected chi connectivity index (χ2v) is 4.25. The zero-order valence-corrected chi connectivity index (χ0v) is 9.56. The van der Waals surface area contributed by atoms with E-state index < -0.39 is 0 Å². The first-order chi connectivity index (χ1) is 6.63. The van der Waals surface area contributed by atoms with Gasteiger partial charge in [-0.1, -0.05) is 13.8 Å². The van der Waals surface area contributed by atoms with E-state index in [9.17, 15) is 4.79 Å². The van der Waals surface area contributed by atoms with Crippen molar-refractivity contribution in [1.82, 2.24) is 4.98 Å². The monoisotopic (exact) mass is 213 g/mol. The average molecular weight is 213 g/mol. The van der Waals surface area contributed by atoms with Crippen molar-refractivity contribution in [3.63, 3.8) is 0 Å². The molecule has 1 heterocycles. The minimum atomic E-state index is -0.197. The average Bonchev–Trinajstić information content (AvgIpc) is 2.53. The Balaban J connectivity index is 2.55. The number of ether oxygens (including phenoxy) is 1. The molecule has 0 amide bonds. The Kier molecular flexibility index (Phi) is 4.07. The van der Waals surface area contributed by atoms with Crippen molar-refractivity contribution in [1.29, 1.82) is 0 Å². The number of hydrogen-bond donors (Lipinski definition) is 0. The highest BCUT2D eigenvalue weighted by Gasteiger charge is 2.09. The number of esters is 1.